The number of nitrogens with zero attached hydrogens (tertiary/aromatic N) is 2. The van der Waals surface area contributed by atoms with E-state index in [1.54, 1.807) is 6.20 Å². The third-order valence-corrected chi connectivity index (χ3v) is 2.81. The average Bonchev–Trinajstić information content (AvgIpc) is 2.38. The Bertz CT molecular complexity index is 560. The van der Waals surface area contributed by atoms with E-state index >= 15 is 0 Å². The van der Waals surface area contributed by atoms with Crippen LogP contribution in [0.15, 0.2) is 42.6 Å². The molecule has 1 aromatic carbocycles. The zero-order chi connectivity index (χ0) is 13.1. The van der Waals surface area contributed by atoms with Crippen molar-refractivity contribution >= 4 is 17.3 Å². The first kappa shape index (κ1) is 12.1. The quantitative estimate of drug-likeness (QED) is 0.639. The fourth-order valence-corrected chi connectivity index (χ4v) is 1.70. The van der Waals surface area contributed by atoms with Crippen LogP contribution in [0.5, 0.6) is 0 Å². The Morgan fingerprint density at radius 2 is 1.89 bits per heavy atom. The molecule has 0 unspecified atom stereocenters. The lowest BCUT2D eigenvalue weighted by Gasteiger charge is -2.18. The van der Waals surface area contributed by atoms with E-state index in [0.717, 1.165) is 17.1 Å². The molecule has 0 saturated carbocycles. The summed E-state index contributed by atoms with van der Waals surface area (Å²) in [5.74, 6) is 0.975. The van der Waals surface area contributed by atoms with E-state index < -0.39 is 0 Å². The molecular formula is C14H16N4. The average molecular weight is 240 g/mol. The lowest BCUT2D eigenvalue weighted by atomic mass is 10.2. The predicted octanol–water partition coefficient (Wildman–Crippen LogP) is 2.44. The van der Waals surface area contributed by atoms with Crippen molar-refractivity contribution in [3.05, 3.63) is 53.7 Å². The zero-order valence-corrected chi connectivity index (χ0v) is 10.5. The SMILES string of the molecule is Cc1ccnc(N(C)c2ccc(C(=N)N)cc2)c1. The highest BCUT2D eigenvalue weighted by molar-refractivity contribution is 5.95. The van der Waals surface area contributed by atoms with Gasteiger partial charge >= 0.3 is 0 Å². The smallest absolute Gasteiger partial charge is 0.132 e. The molecule has 0 bridgehead atoms. The van der Waals surface area contributed by atoms with E-state index in [4.69, 9.17) is 11.1 Å². The molecule has 0 amide bonds. The number of anilines is 2. The molecule has 0 aliphatic rings. The fraction of sp³-hybridized carbons (Fsp3) is 0.143. The number of rotatable bonds is 3. The van der Waals surface area contributed by atoms with E-state index in [1.165, 1.54) is 5.56 Å². The molecule has 0 radical (unpaired) electrons. The second-order valence-corrected chi connectivity index (χ2v) is 4.21. The Labute approximate surface area is 107 Å². The molecule has 0 atom stereocenters. The van der Waals surface area contributed by atoms with Crippen molar-refractivity contribution in [3.8, 4) is 0 Å². The van der Waals surface area contributed by atoms with E-state index in [1.807, 2.05) is 55.3 Å². The standard InChI is InChI=1S/C14H16N4/c1-10-7-8-17-13(9-10)18(2)12-5-3-11(4-6-12)14(15)16/h3-9H,1-2H3,(H3,15,16). The summed E-state index contributed by atoms with van der Waals surface area (Å²) in [6.07, 6.45) is 1.80. The lowest BCUT2D eigenvalue weighted by Crippen LogP contribution is -2.13. The molecule has 1 heterocycles. The summed E-state index contributed by atoms with van der Waals surface area (Å²) >= 11 is 0. The highest BCUT2D eigenvalue weighted by Gasteiger charge is 2.05. The molecule has 3 N–H and O–H groups in total. The van der Waals surface area contributed by atoms with Crippen LogP contribution in [0.25, 0.3) is 0 Å². The maximum Gasteiger partial charge on any atom is 0.132 e. The Hall–Kier alpha value is -2.36. The molecule has 0 fully saturated rings. The van der Waals surface area contributed by atoms with Gasteiger partial charge in [0.15, 0.2) is 0 Å². The number of hydrogen-bond acceptors (Lipinski definition) is 3. The second kappa shape index (κ2) is 4.87. The van der Waals surface area contributed by atoms with Crippen LogP contribution < -0.4 is 10.6 Å². The number of aromatic nitrogens is 1. The summed E-state index contributed by atoms with van der Waals surface area (Å²) in [5, 5.41) is 7.36. The van der Waals surface area contributed by atoms with Gasteiger partial charge in [-0.3, -0.25) is 5.41 Å². The molecular weight excluding hydrogens is 224 g/mol. The molecule has 1 aromatic heterocycles. The molecule has 0 aliphatic heterocycles. The number of hydrogen-bond donors (Lipinski definition) is 2. The van der Waals surface area contributed by atoms with Crippen LogP contribution in [0, 0.1) is 12.3 Å². The summed E-state index contributed by atoms with van der Waals surface area (Å²) in [6.45, 7) is 2.04. The molecule has 0 aliphatic carbocycles. The highest BCUT2D eigenvalue weighted by atomic mass is 15.2. The van der Waals surface area contributed by atoms with Crippen molar-refractivity contribution in [2.75, 3.05) is 11.9 Å². The molecule has 4 nitrogen and oxygen atoms in total. The molecule has 0 saturated heterocycles. The van der Waals surface area contributed by atoms with E-state index in [9.17, 15) is 0 Å². The largest absolute Gasteiger partial charge is 0.384 e. The molecule has 18 heavy (non-hydrogen) atoms. The van der Waals surface area contributed by atoms with Crippen LogP contribution in [0.4, 0.5) is 11.5 Å². The van der Waals surface area contributed by atoms with Gasteiger partial charge in [-0.05, 0) is 48.9 Å². The van der Waals surface area contributed by atoms with Gasteiger partial charge < -0.3 is 10.6 Å². The number of nitrogens with one attached hydrogen (secondary N) is 1. The molecule has 92 valence electrons. The highest BCUT2D eigenvalue weighted by Crippen LogP contribution is 2.22. The minimum atomic E-state index is 0.0814. The number of nitrogens with two attached hydrogens (primary N) is 1. The Balaban J connectivity index is 2.28. The Morgan fingerprint density at radius 3 is 2.44 bits per heavy atom. The van der Waals surface area contributed by atoms with E-state index in [2.05, 4.69) is 4.98 Å². The summed E-state index contributed by atoms with van der Waals surface area (Å²) in [6, 6.07) is 11.5. The lowest BCUT2D eigenvalue weighted by molar-refractivity contribution is 1.12. The van der Waals surface area contributed by atoms with Crippen LogP contribution >= 0.6 is 0 Å². The topological polar surface area (TPSA) is 66.0 Å². The minimum Gasteiger partial charge on any atom is -0.384 e. The summed E-state index contributed by atoms with van der Waals surface area (Å²) in [7, 11) is 1.96. The Kier molecular flexibility index (Phi) is 3.28. The first-order chi connectivity index (χ1) is 8.58. The van der Waals surface area contributed by atoms with Crippen molar-refractivity contribution in [3.63, 3.8) is 0 Å². The first-order valence-electron chi connectivity index (χ1n) is 5.69. The number of benzene rings is 1. The van der Waals surface area contributed by atoms with Gasteiger partial charge in [0.1, 0.15) is 11.7 Å². The summed E-state index contributed by atoms with van der Waals surface area (Å²) in [4.78, 5) is 6.33. The predicted molar refractivity (Wildman–Crippen MR) is 74.5 cm³/mol. The normalized spacial score (nSPS) is 10.1. The Morgan fingerprint density at radius 1 is 1.22 bits per heavy atom. The van der Waals surface area contributed by atoms with Gasteiger partial charge in [-0.15, -0.1) is 0 Å². The third-order valence-electron chi connectivity index (χ3n) is 2.81. The number of pyridine rings is 1. The number of nitrogen functional groups attached to an aromatic ring is 1. The van der Waals surface area contributed by atoms with Crippen molar-refractivity contribution in [2.24, 2.45) is 5.73 Å². The van der Waals surface area contributed by atoms with Crippen molar-refractivity contribution < 1.29 is 0 Å². The van der Waals surface area contributed by atoms with Crippen LogP contribution in [-0.2, 0) is 0 Å². The van der Waals surface area contributed by atoms with Gasteiger partial charge in [0.05, 0.1) is 0 Å². The molecule has 2 rings (SSSR count). The van der Waals surface area contributed by atoms with Crippen LogP contribution in [0.3, 0.4) is 0 Å². The van der Waals surface area contributed by atoms with Crippen LogP contribution in [0.1, 0.15) is 11.1 Å². The van der Waals surface area contributed by atoms with Crippen LogP contribution in [0.2, 0.25) is 0 Å². The summed E-state index contributed by atoms with van der Waals surface area (Å²) < 4.78 is 0. The van der Waals surface area contributed by atoms with E-state index in [-0.39, 0.29) is 5.84 Å². The van der Waals surface area contributed by atoms with Crippen molar-refractivity contribution in [1.82, 2.24) is 4.98 Å². The van der Waals surface area contributed by atoms with Gasteiger partial charge in [0, 0.05) is 24.5 Å². The number of amidine groups is 1. The van der Waals surface area contributed by atoms with E-state index in [0.29, 0.717) is 0 Å². The second-order valence-electron chi connectivity index (χ2n) is 4.21. The van der Waals surface area contributed by atoms with Gasteiger partial charge in [-0.1, -0.05) is 0 Å². The molecule has 2 aromatic rings. The summed E-state index contributed by atoms with van der Waals surface area (Å²) in [5.41, 5.74) is 8.34. The molecule has 4 heteroatoms. The monoisotopic (exact) mass is 240 g/mol. The van der Waals surface area contributed by atoms with Crippen molar-refractivity contribution in [1.29, 1.82) is 5.41 Å². The fourth-order valence-electron chi connectivity index (χ4n) is 1.70. The maximum absolute atomic E-state index is 7.36. The third kappa shape index (κ3) is 2.48. The first-order valence-corrected chi connectivity index (χ1v) is 5.69. The van der Waals surface area contributed by atoms with Gasteiger partial charge in [-0.2, -0.15) is 0 Å². The maximum atomic E-state index is 7.36. The minimum absolute atomic E-state index is 0.0814. The molecule has 0 spiro atoms. The van der Waals surface area contributed by atoms with Crippen LogP contribution in [-0.4, -0.2) is 17.9 Å². The van der Waals surface area contributed by atoms with Crippen molar-refractivity contribution in [2.45, 2.75) is 6.92 Å². The van der Waals surface area contributed by atoms with Gasteiger partial charge in [0.2, 0.25) is 0 Å². The number of aryl methyl sites for hydroxylation is 1. The van der Waals surface area contributed by atoms with Gasteiger partial charge in [0.25, 0.3) is 0 Å². The van der Waals surface area contributed by atoms with Gasteiger partial charge in [-0.25, -0.2) is 4.98 Å². The zero-order valence-electron chi connectivity index (χ0n) is 10.5.